The third-order valence-corrected chi connectivity index (χ3v) is 7.37. The summed E-state index contributed by atoms with van der Waals surface area (Å²) in [5.41, 5.74) is 3.20. The molecule has 6 nitrogen and oxygen atoms in total. The third-order valence-electron chi connectivity index (χ3n) is 5.01. The average Bonchev–Trinajstić information content (AvgIpc) is 3.29. The van der Waals surface area contributed by atoms with Crippen molar-refractivity contribution < 1.29 is 9.18 Å². The fourth-order valence-electron chi connectivity index (χ4n) is 3.35. The molecule has 0 unspecified atom stereocenters. The summed E-state index contributed by atoms with van der Waals surface area (Å²) in [5.74, 6) is -0.307. The number of nitriles is 1. The first-order chi connectivity index (χ1) is 15.9. The molecule has 4 aromatic rings. The molecule has 0 atom stereocenters. The highest BCUT2D eigenvalue weighted by atomic mass is 32.2. The van der Waals surface area contributed by atoms with Crippen molar-refractivity contribution in [1.82, 2.24) is 14.3 Å². The Morgan fingerprint density at radius 1 is 1.21 bits per heavy atom. The van der Waals surface area contributed by atoms with E-state index in [-0.39, 0.29) is 11.7 Å². The van der Waals surface area contributed by atoms with Crippen molar-refractivity contribution in [2.75, 3.05) is 11.1 Å². The highest BCUT2D eigenvalue weighted by Crippen LogP contribution is 2.31. The number of nitrogens with zero attached hydrogens (tertiary/aromatic N) is 4. The Labute approximate surface area is 203 Å². The van der Waals surface area contributed by atoms with E-state index < -0.39 is 5.82 Å². The molecule has 10 heteroatoms. The van der Waals surface area contributed by atoms with Gasteiger partial charge in [-0.3, -0.25) is 9.36 Å². The molecule has 2 heterocycles. The van der Waals surface area contributed by atoms with Crippen LogP contribution in [-0.4, -0.2) is 26.0 Å². The summed E-state index contributed by atoms with van der Waals surface area (Å²) >= 11 is 7.99. The molecule has 0 spiro atoms. The summed E-state index contributed by atoms with van der Waals surface area (Å²) < 4.78 is 18.4. The number of anilines is 1. The predicted octanol–water partition coefficient (Wildman–Crippen LogP) is 5.81. The van der Waals surface area contributed by atoms with Gasteiger partial charge in [-0.15, -0.1) is 5.10 Å². The fourth-order valence-corrected chi connectivity index (χ4v) is 5.51. The first-order valence-electron chi connectivity index (χ1n) is 9.85. The summed E-state index contributed by atoms with van der Waals surface area (Å²) in [6.45, 7) is 3.63. The van der Waals surface area contributed by atoms with Crippen LogP contribution in [0.1, 0.15) is 16.8 Å². The molecule has 0 fully saturated rings. The standard InChI is InChI=1S/C23H18FN5OS3/c1-14-15(2)28(18-10-6-7-16(24)11-18)21(19(14)12-25)26-20(30)13-32-22-27-29(23(31)33-22)17-8-4-3-5-9-17/h3-11H,13H2,1-2H3,(H,26,30). The molecule has 0 saturated carbocycles. The lowest BCUT2D eigenvalue weighted by atomic mass is 10.2. The van der Waals surface area contributed by atoms with Gasteiger partial charge >= 0.3 is 0 Å². The van der Waals surface area contributed by atoms with Crippen LogP contribution < -0.4 is 5.32 Å². The maximum Gasteiger partial charge on any atom is 0.235 e. The van der Waals surface area contributed by atoms with Gasteiger partial charge in [-0.05, 0) is 62.0 Å². The summed E-state index contributed by atoms with van der Waals surface area (Å²) in [5, 5.41) is 17.0. The van der Waals surface area contributed by atoms with Crippen LogP contribution in [0.3, 0.4) is 0 Å². The van der Waals surface area contributed by atoms with Crippen LogP contribution >= 0.6 is 35.3 Å². The molecule has 166 valence electrons. The summed E-state index contributed by atoms with van der Waals surface area (Å²) in [7, 11) is 0. The third kappa shape index (κ3) is 4.75. The van der Waals surface area contributed by atoms with Crippen molar-refractivity contribution in [2.24, 2.45) is 0 Å². The maximum atomic E-state index is 13.8. The van der Waals surface area contributed by atoms with Crippen molar-refractivity contribution >= 4 is 47.0 Å². The van der Waals surface area contributed by atoms with Crippen molar-refractivity contribution in [3.05, 3.63) is 81.2 Å². The van der Waals surface area contributed by atoms with Crippen LogP contribution in [-0.2, 0) is 4.79 Å². The smallest absolute Gasteiger partial charge is 0.235 e. The van der Waals surface area contributed by atoms with E-state index in [4.69, 9.17) is 12.2 Å². The number of hydrogen-bond acceptors (Lipinski definition) is 6. The molecular formula is C23H18FN5OS3. The van der Waals surface area contributed by atoms with E-state index in [1.807, 2.05) is 37.3 Å². The Kier molecular flexibility index (Phi) is 6.74. The number of thioether (sulfide) groups is 1. The van der Waals surface area contributed by atoms with Gasteiger partial charge in [-0.2, -0.15) is 5.26 Å². The first-order valence-corrected chi connectivity index (χ1v) is 12.1. The van der Waals surface area contributed by atoms with Crippen LogP contribution in [0, 0.1) is 35.0 Å². The highest BCUT2D eigenvalue weighted by Gasteiger charge is 2.21. The largest absolute Gasteiger partial charge is 0.310 e. The van der Waals surface area contributed by atoms with Crippen molar-refractivity contribution in [2.45, 2.75) is 18.2 Å². The number of hydrogen-bond donors (Lipinski definition) is 1. The van der Waals surface area contributed by atoms with Crippen molar-refractivity contribution in [3.63, 3.8) is 0 Å². The molecule has 4 rings (SSSR count). The minimum atomic E-state index is -0.403. The number of carbonyl (C=O) groups excluding carboxylic acids is 1. The minimum Gasteiger partial charge on any atom is -0.310 e. The molecule has 2 aromatic carbocycles. The molecule has 0 bridgehead atoms. The zero-order chi connectivity index (χ0) is 23.5. The van der Waals surface area contributed by atoms with Crippen LogP contribution in [0.15, 0.2) is 58.9 Å². The van der Waals surface area contributed by atoms with Gasteiger partial charge in [0, 0.05) is 5.69 Å². The van der Waals surface area contributed by atoms with E-state index in [1.165, 1.54) is 35.2 Å². The van der Waals surface area contributed by atoms with Gasteiger partial charge in [0.1, 0.15) is 17.7 Å². The number of nitrogens with one attached hydrogen (secondary N) is 1. The Morgan fingerprint density at radius 2 is 1.94 bits per heavy atom. The van der Waals surface area contributed by atoms with E-state index in [0.29, 0.717) is 25.4 Å². The second kappa shape index (κ2) is 9.70. The van der Waals surface area contributed by atoms with Crippen LogP contribution in [0.25, 0.3) is 11.4 Å². The van der Waals surface area contributed by atoms with Gasteiger partial charge in [0.05, 0.1) is 22.7 Å². The van der Waals surface area contributed by atoms with Gasteiger partial charge in [-0.1, -0.05) is 47.4 Å². The molecule has 0 aliphatic carbocycles. The quantitative estimate of drug-likeness (QED) is 0.270. The highest BCUT2D eigenvalue weighted by molar-refractivity contribution is 8.01. The van der Waals surface area contributed by atoms with E-state index >= 15 is 0 Å². The molecule has 0 aliphatic heterocycles. The summed E-state index contributed by atoms with van der Waals surface area (Å²) in [4.78, 5) is 12.8. The minimum absolute atomic E-state index is 0.0777. The lowest BCUT2D eigenvalue weighted by Gasteiger charge is -2.13. The fraction of sp³-hybridized carbons (Fsp3) is 0.130. The van der Waals surface area contributed by atoms with Gasteiger partial charge in [0.2, 0.25) is 5.91 Å². The van der Waals surface area contributed by atoms with E-state index in [2.05, 4.69) is 16.5 Å². The Morgan fingerprint density at radius 3 is 2.64 bits per heavy atom. The first kappa shape index (κ1) is 22.9. The second-order valence-electron chi connectivity index (χ2n) is 7.08. The molecule has 0 radical (unpaired) electrons. The Balaban J connectivity index is 1.56. The zero-order valence-electron chi connectivity index (χ0n) is 17.7. The topological polar surface area (TPSA) is 75.6 Å². The lowest BCUT2D eigenvalue weighted by molar-refractivity contribution is -0.113. The molecule has 0 saturated heterocycles. The monoisotopic (exact) mass is 495 g/mol. The molecule has 2 aromatic heterocycles. The zero-order valence-corrected chi connectivity index (χ0v) is 20.2. The molecule has 1 N–H and O–H groups in total. The number of amides is 1. The number of carbonyl (C=O) groups is 1. The average molecular weight is 496 g/mol. The predicted molar refractivity (Wildman–Crippen MR) is 132 cm³/mol. The number of para-hydroxylation sites is 1. The molecular weight excluding hydrogens is 477 g/mol. The summed E-state index contributed by atoms with van der Waals surface area (Å²) in [6.07, 6.45) is 0. The van der Waals surface area contributed by atoms with E-state index in [1.54, 1.807) is 28.3 Å². The van der Waals surface area contributed by atoms with Gasteiger partial charge in [0.15, 0.2) is 8.29 Å². The maximum absolute atomic E-state index is 13.8. The summed E-state index contributed by atoms with van der Waals surface area (Å²) in [6, 6.07) is 17.7. The Hall–Kier alpha value is -3.26. The van der Waals surface area contributed by atoms with Crippen molar-refractivity contribution in [1.29, 1.82) is 5.26 Å². The van der Waals surface area contributed by atoms with Crippen LogP contribution in [0.5, 0.6) is 0 Å². The van der Waals surface area contributed by atoms with Crippen molar-refractivity contribution in [3.8, 4) is 17.4 Å². The van der Waals surface area contributed by atoms with Gasteiger partial charge < -0.3 is 5.32 Å². The van der Waals surface area contributed by atoms with E-state index in [0.717, 1.165) is 16.9 Å². The second-order valence-corrected chi connectivity index (χ2v) is 9.92. The van der Waals surface area contributed by atoms with Gasteiger partial charge in [0.25, 0.3) is 0 Å². The Bertz CT molecular complexity index is 1430. The molecule has 1 amide bonds. The van der Waals surface area contributed by atoms with Gasteiger partial charge in [-0.25, -0.2) is 9.07 Å². The van der Waals surface area contributed by atoms with E-state index in [9.17, 15) is 14.4 Å². The number of benzene rings is 2. The number of rotatable bonds is 6. The molecule has 0 aliphatic rings. The number of aromatic nitrogens is 3. The molecule has 33 heavy (non-hydrogen) atoms. The normalized spacial score (nSPS) is 10.7. The SMILES string of the molecule is Cc1c(C#N)c(NC(=O)CSc2nn(-c3ccccc3)c(=S)s2)n(-c2cccc(F)c2)c1C. The number of halogens is 1. The van der Waals surface area contributed by atoms with Crippen LogP contribution in [0.2, 0.25) is 0 Å². The lowest BCUT2D eigenvalue weighted by Crippen LogP contribution is -2.17. The van der Waals surface area contributed by atoms with Crippen LogP contribution in [0.4, 0.5) is 10.2 Å².